The number of primary amides is 3. The molecule has 4 unspecified atom stereocenters. The summed E-state index contributed by atoms with van der Waals surface area (Å²) >= 11 is 0. The minimum Gasteiger partial charge on any atom is -0.508 e. The maximum atomic E-state index is 14.1. The lowest BCUT2D eigenvalue weighted by Crippen LogP contribution is -2.62. The number of aromatic hydroxyl groups is 1. The molecular formula is C49H79N11O15. The molecule has 11 amide bonds. The summed E-state index contributed by atoms with van der Waals surface area (Å²) in [5.74, 6) is -12.6. The Balaban J connectivity index is 2.62. The van der Waals surface area contributed by atoms with Crippen molar-refractivity contribution >= 4 is 65.0 Å². The number of phenolic OH excluding ortho intramolecular Hbond substituents is 1. The molecule has 0 saturated carbocycles. The number of aliphatic hydroxyl groups is 3. The zero-order chi connectivity index (χ0) is 56.0. The van der Waals surface area contributed by atoms with Crippen molar-refractivity contribution in [2.75, 3.05) is 13.2 Å². The minimum atomic E-state index is -1.91. The SMILES string of the molecule is CCCCCCCCCCCCCCC1CC(=O)N[C@H](CO)C(=O)NC(CCC(N)=O)C(=O)N[C@@H](CC(N)=O)C(=O)N[C@H](Cc2ccc(O)cc2)C(=O)NC(CC(N)=O)C(=O)N[C@H](CO)C(=O)NC([C@@H](C)O)C(=O)N1. The monoisotopic (exact) mass is 1060 g/mol. The molecule has 1 aromatic rings. The average molecular weight is 1060 g/mol. The maximum Gasteiger partial charge on any atom is 0.245 e. The Morgan fingerprint density at radius 3 is 1.41 bits per heavy atom. The van der Waals surface area contributed by atoms with Crippen molar-refractivity contribution in [3.8, 4) is 5.75 Å². The van der Waals surface area contributed by atoms with Gasteiger partial charge in [-0.15, -0.1) is 0 Å². The van der Waals surface area contributed by atoms with Gasteiger partial charge in [0.25, 0.3) is 0 Å². The number of hydrogen-bond donors (Lipinski definition) is 15. The van der Waals surface area contributed by atoms with Crippen molar-refractivity contribution in [2.45, 2.75) is 190 Å². The van der Waals surface area contributed by atoms with E-state index >= 15 is 0 Å². The molecular weight excluding hydrogens is 983 g/mol. The standard InChI is InChI=1S/C49H79N11O15/c1-3-4-5-6-7-8-9-10-11-12-13-14-15-30-23-41(68)54-36(26-61)47(73)55-32(20-21-38(50)65)43(69)57-34(24-39(51)66)45(71)56-33(22-29-16-18-31(64)19-17-29)44(70)58-35(25-40(52)67)46(72)59-37(27-62)48(74)60-42(28(2)63)49(75)53-30/h16-19,28,30,32-37,42,61-64H,3-15,20-27H2,1-2H3,(H2,50,65)(H2,51,66)(H2,52,67)(H,53,75)(H,54,68)(H,55,73)(H,56,71)(H,57,69)(H,58,70)(H,59,72)(H,60,74)/t28-,30?,32?,33-,34+,35?,36-,37-,42?/m1/s1. The quantitative estimate of drug-likeness (QED) is 0.0427. The van der Waals surface area contributed by atoms with Gasteiger partial charge in [-0.2, -0.15) is 0 Å². The van der Waals surface area contributed by atoms with Crippen LogP contribution in [0, 0.1) is 0 Å². The van der Waals surface area contributed by atoms with Crippen LogP contribution in [0.2, 0.25) is 0 Å². The molecule has 75 heavy (non-hydrogen) atoms. The van der Waals surface area contributed by atoms with E-state index in [1.165, 1.54) is 56.4 Å². The van der Waals surface area contributed by atoms with Crippen LogP contribution in [0.15, 0.2) is 24.3 Å². The summed E-state index contributed by atoms with van der Waals surface area (Å²) in [4.78, 5) is 147. The van der Waals surface area contributed by atoms with Crippen LogP contribution in [0.1, 0.15) is 135 Å². The molecule has 26 nitrogen and oxygen atoms in total. The fraction of sp³-hybridized carbons (Fsp3) is 0.653. The molecule has 1 aromatic carbocycles. The van der Waals surface area contributed by atoms with E-state index < -0.39 is 171 Å². The molecule has 0 bridgehead atoms. The van der Waals surface area contributed by atoms with E-state index in [0.29, 0.717) is 12.8 Å². The molecule has 420 valence electrons. The zero-order valence-corrected chi connectivity index (χ0v) is 42.9. The molecule has 1 aliphatic heterocycles. The number of unbranched alkanes of at least 4 members (excludes halogenated alkanes) is 11. The molecule has 26 heteroatoms. The highest BCUT2D eigenvalue weighted by Crippen LogP contribution is 2.16. The van der Waals surface area contributed by atoms with Gasteiger partial charge in [0.1, 0.15) is 48.0 Å². The molecule has 1 aliphatic rings. The van der Waals surface area contributed by atoms with Gasteiger partial charge in [-0.3, -0.25) is 52.7 Å². The van der Waals surface area contributed by atoms with Crippen molar-refractivity contribution in [1.82, 2.24) is 42.5 Å². The van der Waals surface area contributed by atoms with Crippen LogP contribution in [0.4, 0.5) is 0 Å². The van der Waals surface area contributed by atoms with Gasteiger partial charge in [0, 0.05) is 25.3 Å². The number of nitrogens with one attached hydrogen (secondary N) is 8. The number of carbonyl (C=O) groups excluding carboxylic acids is 11. The normalized spacial score (nSPS) is 23.5. The van der Waals surface area contributed by atoms with E-state index in [1.807, 2.05) is 0 Å². The summed E-state index contributed by atoms with van der Waals surface area (Å²) in [6.45, 7) is 1.16. The topological polar surface area (TPSA) is 443 Å². The fourth-order valence-corrected chi connectivity index (χ4v) is 8.09. The molecule has 0 spiro atoms. The second-order valence-corrected chi connectivity index (χ2v) is 18.8. The summed E-state index contributed by atoms with van der Waals surface area (Å²) in [6, 6.07) is -8.51. The Morgan fingerprint density at radius 2 is 0.933 bits per heavy atom. The summed E-state index contributed by atoms with van der Waals surface area (Å²) in [5, 5.41) is 59.7. The lowest BCUT2D eigenvalue weighted by atomic mass is 10.0. The van der Waals surface area contributed by atoms with Crippen LogP contribution in [0.25, 0.3) is 0 Å². The first-order valence-corrected chi connectivity index (χ1v) is 25.5. The summed E-state index contributed by atoms with van der Waals surface area (Å²) in [6.07, 6.45) is 7.02. The van der Waals surface area contributed by atoms with Crippen LogP contribution >= 0.6 is 0 Å². The number of benzene rings is 1. The largest absolute Gasteiger partial charge is 0.508 e. The summed E-state index contributed by atoms with van der Waals surface area (Å²) in [5.41, 5.74) is 16.5. The van der Waals surface area contributed by atoms with Gasteiger partial charge in [-0.25, -0.2) is 0 Å². The number of amides is 11. The van der Waals surface area contributed by atoms with E-state index in [0.717, 1.165) is 39.0 Å². The van der Waals surface area contributed by atoms with Crippen LogP contribution in [-0.2, 0) is 59.2 Å². The van der Waals surface area contributed by atoms with Crippen molar-refractivity contribution in [2.24, 2.45) is 17.2 Å². The fourth-order valence-electron chi connectivity index (χ4n) is 8.09. The molecule has 1 heterocycles. The molecule has 0 aromatic heterocycles. The molecule has 2 rings (SSSR count). The van der Waals surface area contributed by atoms with E-state index in [-0.39, 0.29) is 17.7 Å². The van der Waals surface area contributed by atoms with Crippen LogP contribution in [0.5, 0.6) is 5.75 Å². The predicted molar refractivity (Wildman–Crippen MR) is 269 cm³/mol. The molecule has 18 N–H and O–H groups in total. The molecule has 1 saturated heterocycles. The van der Waals surface area contributed by atoms with Crippen molar-refractivity contribution in [1.29, 1.82) is 0 Å². The van der Waals surface area contributed by atoms with Crippen LogP contribution in [-0.4, -0.2) is 153 Å². The molecule has 9 atom stereocenters. The molecule has 0 radical (unpaired) electrons. The number of carbonyl (C=O) groups is 11. The van der Waals surface area contributed by atoms with Gasteiger partial charge >= 0.3 is 0 Å². The highest BCUT2D eigenvalue weighted by atomic mass is 16.3. The Bertz CT molecular complexity index is 2080. The minimum absolute atomic E-state index is 0.179. The van der Waals surface area contributed by atoms with Gasteiger partial charge in [0.2, 0.25) is 65.0 Å². The van der Waals surface area contributed by atoms with E-state index in [2.05, 4.69) is 49.5 Å². The summed E-state index contributed by atoms with van der Waals surface area (Å²) in [7, 11) is 0. The third-order valence-electron chi connectivity index (χ3n) is 12.3. The van der Waals surface area contributed by atoms with Crippen LogP contribution < -0.4 is 59.7 Å². The Morgan fingerprint density at radius 1 is 0.520 bits per heavy atom. The predicted octanol–water partition coefficient (Wildman–Crippen LogP) is -3.31. The van der Waals surface area contributed by atoms with E-state index in [4.69, 9.17) is 17.2 Å². The van der Waals surface area contributed by atoms with E-state index in [1.54, 1.807) is 0 Å². The Kier molecular flexibility index (Phi) is 29.6. The second-order valence-electron chi connectivity index (χ2n) is 18.8. The lowest BCUT2D eigenvalue weighted by molar-refractivity contribution is -0.137. The lowest BCUT2D eigenvalue weighted by Gasteiger charge is -2.28. The number of rotatable bonds is 25. The number of hydrogen-bond acceptors (Lipinski definition) is 15. The first-order chi connectivity index (χ1) is 35.6. The van der Waals surface area contributed by atoms with Gasteiger partial charge in [0.05, 0.1) is 32.2 Å². The highest BCUT2D eigenvalue weighted by molar-refractivity contribution is 6.00. The third-order valence-corrected chi connectivity index (χ3v) is 12.3. The third kappa shape index (κ3) is 25.2. The second kappa shape index (κ2) is 34.5. The van der Waals surface area contributed by atoms with Crippen molar-refractivity contribution in [3.63, 3.8) is 0 Å². The summed E-state index contributed by atoms with van der Waals surface area (Å²) < 4.78 is 0. The Hall–Kier alpha value is -6.93. The Labute approximate surface area is 435 Å². The molecule has 0 aliphatic carbocycles. The first-order valence-electron chi connectivity index (χ1n) is 25.5. The number of nitrogens with two attached hydrogens (primary N) is 3. The molecule has 1 fully saturated rings. The number of phenols is 1. The highest BCUT2D eigenvalue weighted by Gasteiger charge is 2.36. The first kappa shape index (κ1) is 64.2. The number of aliphatic hydroxyl groups excluding tert-OH is 3. The maximum absolute atomic E-state index is 14.1. The smallest absolute Gasteiger partial charge is 0.245 e. The van der Waals surface area contributed by atoms with Crippen LogP contribution in [0.3, 0.4) is 0 Å². The van der Waals surface area contributed by atoms with Gasteiger partial charge in [-0.1, -0.05) is 96.1 Å². The van der Waals surface area contributed by atoms with Crippen molar-refractivity contribution < 1.29 is 73.2 Å². The van der Waals surface area contributed by atoms with Gasteiger partial charge < -0.3 is 80.2 Å². The van der Waals surface area contributed by atoms with E-state index in [9.17, 15) is 73.2 Å². The van der Waals surface area contributed by atoms with Crippen molar-refractivity contribution in [3.05, 3.63) is 29.8 Å². The van der Waals surface area contributed by atoms with Gasteiger partial charge in [0.15, 0.2) is 0 Å². The van der Waals surface area contributed by atoms with Gasteiger partial charge in [-0.05, 0) is 37.5 Å². The average Bonchev–Trinajstić information content (AvgIpc) is 3.34. The zero-order valence-electron chi connectivity index (χ0n) is 42.9.